The third-order valence-corrected chi connectivity index (χ3v) is 4.96. The first kappa shape index (κ1) is 11.7. The quantitative estimate of drug-likeness (QED) is 0.814. The Morgan fingerprint density at radius 2 is 2.16 bits per heavy atom. The molecule has 0 unspecified atom stereocenters. The third kappa shape index (κ3) is 1.96. The molecule has 1 aromatic carbocycles. The van der Waals surface area contributed by atoms with Gasteiger partial charge in [-0.2, -0.15) is 0 Å². The molecule has 3 nitrogen and oxygen atoms in total. The van der Waals surface area contributed by atoms with E-state index in [-0.39, 0.29) is 0 Å². The van der Waals surface area contributed by atoms with Crippen molar-refractivity contribution < 1.29 is 9.47 Å². The summed E-state index contributed by atoms with van der Waals surface area (Å²) in [6.45, 7) is 4.81. The number of nitrogens with zero attached hydrogens (tertiary/aromatic N) is 1. The lowest BCUT2D eigenvalue weighted by molar-refractivity contribution is -0.111. The van der Waals surface area contributed by atoms with Gasteiger partial charge in [0.15, 0.2) is 0 Å². The first-order valence-corrected chi connectivity index (χ1v) is 7.43. The summed E-state index contributed by atoms with van der Waals surface area (Å²) in [6, 6.07) is 6.71. The number of fused-ring (bicyclic) bond motifs is 1. The van der Waals surface area contributed by atoms with Gasteiger partial charge in [0.2, 0.25) is 0 Å². The van der Waals surface area contributed by atoms with Crippen LogP contribution in [0.15, 0.2) is 18.2 Å². The minimum atomic E-state index is 0.355. The van der Waals surface area contributed by atoms with Crippen molar-refractivity contribution in [3.63, 3.8) is 0 Å². The predicted molar refractivity (Wildman–Crippen MR) is 73.5 cm³/mol. The molecule has 2 fully saturated rings. The lowest BCUT2D eigenvalue weighted by atomic mass is 9.75. The zero-order valence-corrected chi connectivity index (χ0v) is 11.4. The number of hydrogen-bond acceptors (Lipinski definition) is 3. The van der Waals surface area contributed by atoms with Crippen LogP contribution in [0.25, 0.3) is 0 Å². The summed E-state index contributed by atoms with van der Waals surface area (Å²) in [6.07, 6.45) is 5.04. The molecule has 0 atom stereocenters. The molecule has 1 aromatic rings. The normalized spacial score (nSPS) is 24.8. The Kier molecular flexibility index (Phi) is 2.78. The van der Waals surface area contributed by atoms with Crippen LogP contribution in [-0.4, -0.2) is 36.8 Å². The van der Waals surface area contributed by atoms with Crippen molar-refractivity contribution in [1.82, 2.24) is 4.90 Å². The van der Waals surface area contributed by atoms with Crippen LogP contribution in [0.1, 0.15) is 30.4 Å². The maximum atomic E-state index is 5.71. The van der Waals surface area contributed by atoms with Crippen molar-refractivity contribution in [3.8, 4) is 5.75 Å². The highest BCUT2D eigenvalue weighted by Crippen LogP contribution is 2.40. The summed E-state index contributed by atoms with van der Waals surface area (Å²) in [5.41, 5.74) is 3.17. The van der Waals surface area contributed by atoms with Gasteiger partial charge in [-0.3, -0.25) is 4.90 Å². The Balaban J connectivity index is 1.53. The van der Waals surface area contributed by atoms with E-state index in [4.69, 9.17) is 9.47 Å². The molecule has 102 valence electrons. The smallest absolute Gasteiger partial charge is 0.122 e. The zero-order chi connectivity index (χ0) is 12.7. The van der Waals surface area contributed by atoms with Gasteiger partial charge in [0.25, 0.3) is 0 Å². The van der Waals surface area contributed by atoms with Crippen molar-refractivity contribution in [3.05, 3.63) is 29.3 Å². The van der Waals surface area contributed by atoms with E-state index in [0.717, 1.165) is 45.1 Å². The maximum Gasteiger partial charge on any atom is 0.122 e. The number of morpholine rings is 1. The fourth-order valence-corrected chi connectivity index (χ4v) is 3.62. The Hall–Kier alpha value is -1.06. The highest BCUT2D eigenvalue weighted by Gasteiger charge is 2.44. The van der Waals surface area contributed by atoms with Crippen LogP contribution in [0.3, 0.4) is 0 Å². The number of ether oxygens (including phenoxy) is 2. The van der Waals surface area contributed by atoms with Gasteiger partial charge in [-0.05, 0) is 36.5 Å². The molecule has 1 saturated heterocycles. The SMILES string of the molecule is c1cc2c(cc1CN1CCOCC13CCC3)CCO2. The van der Waals surface area contributed by atoms with Gasteiger partial charge in [-0.15, -0.1) is 0 Å². The fraction of sp³-hybridized carbons (Fsp3) is 0.625. The van der Waals surface area contributed by atoms with Gasteiger partial charge in [0.05, 0.1) is 19.8 Å². The second-order valence-electron chi connectivity index (χ2n) is 6.09. The van der Waals surface area contributed by atoms with Crippen molar-refractivity contribution in [2.75, 3.05) is 26.4 Å². The molecular formula is C16H21NO2. The summed E-state index contributed by atoms with van der Waals surface area (Å²) in [7, 11) is 0. The van der Waals surface area contributed by atoms with E-state index in [1.165, 1.54) is 30.4 Å². The van der Waals surface area contributed by atoms with E-state index in [0.29, 0.717) is 5.54 Å². The molecule has 0 bridgehead atoms. The van der Waals surface area contributed by atoms with Gasteiger partial charge in [0, 0.05) is 25.0 Å². The topological polar surface area (TPSA) is 21.7 Å². The summed E-state index contributed by atoms with van der Waals surface area (Å²) >= 11 is 0. The van der Waals surface area contributed by atoms with Crippen LogP contribution in [0.2, 0.25) is 0 Å². The molecule has 1 saturated carbocycles. The maximum absolute atomic E-state index is 5.71. The monoisotopic (exact) mass is 259 g/mol. The lowest BCUT2D eigenvalue weighted by Gasteiger charge is -2.52. The van der Waals surface area contributed by atoms with E-state index in [1.54, 1.807) is 0 Å². The van der Waals surface area contributed by atoms with Crippen molar-refractivity contribution in [2.24, 2.45) is 0 Å². The van der Waals surface area contributed by atoms with Crippen LogP contribution in [0.5, 0.6) is 5.75 Å². The summed E-state index contributed by atoms with van der Waals surface area (Å²) in [5, 5.41) is 0. The molecule has 0 N–H and O–H groups in total. The van der Waals surface area contributed by atoms with Crippen LogP contribution in [0, 0.1) is 0 Å². The first-order valence-electron chi connectivity index (χ1n) is 7.43. The summed E-state index contributed by atoms with van der Waals surface area (Å²) < 4.78 is 11.3. The lowest BCUT2D eigenvalue weighted by Crippen LogP contribution is -2.60. The molecule has 2 heterocycles. The van der Waals surface area contributed by atoms with Gasteiger partial charge < -0.3 is 9.47 Å². The van der Waals surface area contributed by atoms with Gasteiger partial charge in [0.1, 0.15) is 5.75 Å². The fourth-order valence-electron chi connectivity index (χ4n) is 3.62. The molecule has 2 aliphatic heterocycles. The van der Waals surface area contributed by atoms with E-state index >= 15 is 0 Å². The van der Waals surface area contributed by atoms with E-state index in [9.17, 15) is 0 Å². The van der Waals surface area contributed by atoms with E-state index in [1.807, 2.05) is 0 Å². The van der Waals surface area contributed by atoms with Crippen molar-refractivity contribution in [2.45, 2.75) is 37.8 Å². The Bertz CT molecular complexity index is 482. The van der Waals surface area contributed by atoms with Crippen molar-refractivity contribution in [1.29, 1.82) is 0 Å². The molecule has 3 aliphatic rings. The second kappa shape index (κ2) is 4.50. The molecule has 1 spiro atoms. The predicted octanol–water partition coefficient (Wildman–Crippen LogP) is 2.38. The van der Waals surface area contributed by atoms with Crippen LogP contribution in [0.4, 0.5) is 0 Å². The molecule has 3 heteroatoms. The molecule has 0 amide bonds. The Morgan fingerprint density at radius 3 is 3.00 bits per heavy atom. The second-order valence-corrected chi connectivity index (χ2v) is 6.09. The van der Waals surface area contributed by atoms with E-state index < -0.39 is 0 Å². The molecular weight excluding hydrogens is 238 g/mol. The molecule has 1 aliphatic carbocycles. The molecule has 0 radical (unpaired) electrons. The Morgan fingerprint density at radius 1 is 1.21 bits per heavy atom. The largest absolute Gasteiger partial charge is 0.493 e. The molecule has 19 heavy (non-hydrogen) atoms. The number of hydrogen-bond donors (Lipinski definition) is 0. The average molecular weight is 259 g/mol. The highest BCUT2D eigenvalue weighted by molar-refractivity contribution is 5.39. The molecule has 0 aromatic heterocycles. The first-order chi connectivity index (χ1) is 9.36. The molecule has 4 rings (SSSR count). The minimum absolute atomic E-state index is 0.355. The summed E-state index contributed by atoms with van der Waals surface area (Å²) in [5.74, 6) is 1.09. The Labute approximate surface area is 114 Å². The van der Waals surface area contributed by atoms with Crippen LogP contribution < -0.4 is 4.74 Å². The van der Waals surface area contributed by atoms with E-state index in [2.05, 4.69) is 23.1 Å². The van der Waals surface area contributed by atoms with Crippen molar-refractivity contribution >= 4 is 0 Å². The van der Waals surface area contributed by atoms with Crippen LogP contribution in [-0.2, 0) is 17.7 Å². The number of benzene rings is 1. The van der Waals surface area contributed by atoms with Gasteiger partial charge in [-0.1, -0.05) is 12.1 Å². The zero-order valence-electron chi connectivity index (χ0n) is 11.4. The van der Waals surface area contributed by atoms with Crippen LogP contribution >= 0.6 is 0 Å². The average Bonchev–Trinajstić information content (AvgIpc) is 2.85. The third-order valence-electron chi connectivity index (χ3n) is 4.96. The number of rotatable bonds is 2. The van der Waals surface area contributed by atoms with Gasteiger partial charge >= 0.3 is 0 Å². The standard InChI is InChI=1S/C16H21NO2/c1-5-16(6-1)12-18-9-7-17(16)11-13-2-3-15-14(10-13)4-8-19-15/h2-3,10H,1,4-9,11-12H2. The summed E-state index contributed by atoms with van der Waals surface area (Å²) in [4.78, 5) is 2.65. The minimum Gasteiger partial charge on any atom is -0.493 e. The highest BCUT2D eigenvalue weighted by atomic mass is 16.5. The van der Waals surface area contributed by atoms with Gasteiger partial charge in [-0.25, -0.2) is 0 Å².